The van der Waals surface area contributed by atoms with Crippen molar-refractivity contribution in [2.75, 3.05) is 13.2 Å². The van der Waals surface area contributed by atoms with Gasteiger partial charge in [0.2, 0.25) is 0 Å². The maximum Gasteiger partial charge on any atom is 0.170 e. The molecule has 2 aliphatic rings. The second-order valence-electron chi connectivity index (χ2n) is 7.24. The monoisotopic (exact) mass is 338 g/mol. The van der Waals surface area contributed by atoms with Crippen LogP contribution in [-0.4, -0.2) is 24.1 Å². The minimum Gasteiger partial charge on any atom is -0.512 e. The summed E-state index contributed by atoms with van der Waals surface area (Å²) < 4.78 is 5.41. The van der Waals surface area contributed by atoms with Crippen LogP contribution in [-0.2, 0) is 9.53 Å². The van der Waals surface area contributed by atoms with Gasteiger partial charge in [-0.25, -0.2) is 0 Å². The molecule has 1 heterocycles. The quantitative estimate of drug-likeness (QED) is 0.834. The van der Waals surface area contributed by atoms with Crippen molar-refractivity contribution in [1.29, 1.82) is 0 Å². The van der Waals surface area contributed by atoms with Gasteiger partial charge in [-0.15, -0.1) is 5.92 Å². The van der Waals surface area contributed by atoms with E-state index in [9.17, 15) is 9.90 Å². The van der Waals surface area contributed by atoms with Crippen molar-refractivity contribution >= 4 is 11.4 Å². The number of aryl methyl sites for hydroxylation is 2. The molecule has 1 N–H and O–H groups in total. The Kier molecular flexibility index (Phi) is 5.30. The molecule has 1 atom stereocenters. The van der Waals surface area contributed by atoms with E-state index in [-0.39, 0.29) is 17.5 Å². The number of benzene rings is 1. The molecule has 1 unspecified atom stereocenters. The number of ketones is 1. The average molecular weight is 338 g/mol. The maximum absolute atomic E-state index is 13.0. The Bertz CT molecular complexity index is 747. The van der Waals surface area contributed by atoms with Crippen molar-refractivity contribution in [3.8, 4) is 11.8 Å². The number of aliphatic hydroxyl groups is 1. The second-order valence-corrected chi connectivity index (χ2v) is 7.24. The molecule has 0 radical (unpaired) electrons. The maximum atomic E-state index is 13.0. The van der Waals surface area contributed by atoms with Gasteiger partial charge in [0.05, 0.1) is 5.57 Å². The third kappa shape index (κ3) is 3.65. The average Bonchev–Trinajstić information content (AvgIpc) is 2.83. The van der Waals surface area contributed by atoms with Crippen LogP contribution in [0.4, 0.5) is 0 Å². The van der Waals surface area contributed by atoms with Crippen LogP contribution in [0.5, 0.6) is 0 Å². The number of rotatable bonds is 3. The molecular formula is C22H26O3. The van der Waals surface area contributed by atoms with Crippen LogP contribution < -0.4 is 0 Å². The zero-order valence-corrected chi connectivity index (χ0v) is 15.3. The highest BCUT2D eigenvalue weighted by Gasteiger charge is 2.36. The zero-order chi connectivity index (χ0) is 18.0. The fourth-order valence-corrected chi connectivity index (χ4v) is 4.19. The third-order valence-corrected chi connectivity index (χ3v) is 5.36. The Labute approximate surface area is 150 Å². The summed E-state index contributed by atoms with van der Waals surface area (Å²) in [4.78, 5) is 13.0. The summed E-state index contributed by atoms with van der Waals surface area (Å²) in [7, 11) is 0. The van der Waals surface area contributed by atoms with Crippen molar-refractivity contribution in [3.05, 3.63) is 40.1 Å². The molecule has 0 saturated carbocycles. The highest BCUT2D eigenvalue weighted by Crippen LogP contribution is 2.40. The van der Waals surface area contributed by atoms with Gasteiger partial charge in [-0.2, -0.15) is 0 Å². The molecular weight excluding hydrogens is 312 g/mol. The molecule has 1 aliphatic carbocycles. The lowest BCUT2D eigenvalue weighted by molar-refractivity contribution is -0.117. The number of carbonyl (C=O) groups is 1. The molecule has 1 fully saturated rings. The first kappa shape index (κ1) is 17.8. The molecule has 0 aromatic heterocycles. The minimum atomic E-state index is -0.0907. The van der Waals surface area contributed by atoms with Gasteiger partial charge in [0.25, 0.3) is 0 Å². The van der Waals surface area contributed by atoms with E-state index in [2.05, 4.69) is 11.8 Å². The standard InChI is InChI=1S/C22H26O3/c1-4-5-17-10-14(2)20(15(3)11-17)21-19(23)13-18(22(21)24)12-16-6-8-25-9-7-16/h10-11,16,18,23H,6-9,12-13H2,1-3H3. The second kappa shape index (κ2) is 7.45. The van der Waals surface area contributed by atoms with Gasteiger partial charge in [-0.3, -0.25) is 4.79 Å². The van der Waals surface area contributed by atoms with Crippen LogP contribution in [0.3, 0.4) is 0 Å². The van der Waals surface area contributed by atoms with Crippen LogP contribution in [0.1, 0.15) is 54.9 Å². The lowest BCUT2D eigenvalue weighted by Crippen LogP contribution is -2.21. The summed E-state index contributed by atoms with van der Waals surface area (Å²) in [5.74, 6) is 6.77. The fourth-order valence-electron chi connectivity index (χ4n) is 4.19. The van der Waals surface area contributed by atoms with Gasteiger partial charge in [0.1, 0.15) is 5.76 Å². The summed E-state index contributed by atoms with van der Waals surface area (Å²) in [5, 5.41) is 10.5. The van der Waals surface area contributed by atoms with Gasteiger partial charge in [-0.1, -0.05) is 5.92 Å². The van der Waals surface area contributed by atoms with E-state index in [0.717, 1.165) is 54.7 Å². The predicted octanol–water partition coefficient (Wildman–Crippen LogP) is 4.35. The van der Waals surface area contributed by atoms with Crippen molar-refractivity contribution < 1.29 is 14.6 Å². The normalized spacial score (nSPS) is 21.4. The summed E-state index contributed by atoms with van der Waals surface area (Å²) in [6, 6.07) is 4.00. The first-order valence-electron chi connectivity index (χ1n) is 9.09. The largest absolute Gasteiger partial charge is 0.512 e. The number of Topliss-reactive ketones (excluding diaryl/α,β-unsaturated/α-hetero) is 1. The number of aliphatic hydroxyl groups excluding tert-OH is 1. The molecule has 1 aromatic carbocycles. The molecule has 1 saturated heterocycles. The SMILES string of the molecule is CC#Cc1cc(C)c(C2=C(O)CC(CC3CCOCC3)C2=O)c(C)c1. The van der Waals surface area contributed by atoms with Crippen LogP contribution in [0.25, 0.3) is 5.57 Å². The third-order valence-electron chi connectivity index (χ3n) is 5.36. The number of allylic oxidation sites excluding steroid dienone is 2. The van der Waals surface area contributed by atoms with Crippen molar-refractivity contribution in [2.24, 2.45) is 11.8 Å². The molecule has 1 aromatic rings. The molecule has 25 heavy (non-hydrogen) atoms. The van der Waals surface area contributed by atoms with Gasteiger partial charge < -0.3 is 9.84 Å². The van der Waals surface area contributed by atoms with E-state index in [1.165, 1.54) is 0 Å². The summed E-state index contributed by atoms with van der Waals surface area (Å²) >= 11 is 0. The van der Waals surface area contributed by atoms with E-state index in [1.54, 1.807) is 0 Å². The van der Waals surface area contributed by atoms with Crippen LogP contribution in [0.2, 0.25) is 0 Å². The molecule has 0 spiro atoms. The molecule has 3 nitrogen and oxygen atoms in total. The smallest absolute Gasteiger partial charge is 0.170 e. The summed E-state index contributed by atoms with van der Waals surface area (Å²) in [5.41, 5.74) is 4.37. The van der Waals surface area contributed by atoms with Gasteiger partial charge >= 0.3 is 0 Å². The fraction of sp³-hybridized carbons (Fsp3) is 0.500. The Hall–Kier alpha value is -2.05. The molecule has 0 bridgehead atoms. The van der Waals surface area contributed by atoms with Crippen molar-refractivity contribution in [1.82, 2.24) is 0 Å². The van der Waals surface area contributed by atoms with E-state index in [0.29, 0.717) is 17.9 Å². The highest BCUT2D eigenvalue weighted by molar-refractivity contribution is 6.25. The van der Waals surface area contributed by atoms with E-state index >= 15 is 0 Å². The number of hydrogen-bond donors (Lipinski definition) is 1. The van der Waals surface area contributed by atoms with Crippen LogP contribution >= 0.6 is 0 Å². The Balaban J connectivity index is 1.85. The summed E-state index contributed by atoms with van der Waals surface area (Å²) in [6.07, 6.45) is 3.36. The van der Waals surface area contributed by atoms with E-state index in [1.807, 2.05) is 32.9 Å². The molecule has 132 valence electrons. The van der Waals surface area contributed by atoms with Gasteiger partial charge in [0.15, 0.2) is 5.78 Å². The lowest BCUT2D eigenvalue weighted by Gasteiger charge is -2.24. The molecule has 3 heteroatoms. The first-order valence-corrected chi connectivity index (χ1v) is 9.09. The Morgan fingerprint density at radius 3 is 2.44 bits per heavy atom. The van der Waals surface area contributed by atoms with E-state index in [4.69, 9.17) is 4.74 Å². The number of ether oxygens (including phenoxy) is 1. The Morgan fingerprint density at radius 2 is 1.84 bits per heavy atom. The van der Waals surface area contributed by atoms with E-state index < -0.39 is 0 Å². The molecule has 0 amide bonds. The topological polar surface area (TPSA) is 46.5 Å². The van der Waals surface area contributed by atoms with Gasteiger partial charge in [-0.05, 0) is 74.8 Å². The van der Waals surface area contributed by atoms with Crippen LogP contribution in [0.15, 0.2) is 17.9 Å². The molecule has 1 aliphatic heterocycles. The van der Waals surface area contributed by atoms with Crippen molar-refractivity contribution in [3.63, 3.8) is 0 Å². The summed E-state index contributed by atoms with van der Waals surface area (Å²) in [6.45, 7) is 7.37. The Morgan fingerprint density at radius 1 is 1.20 bits per heavy atom. The lowest BCUT2D eigenvalue weighted by atomic mass is 9.85. The highest BCUT2D eigenvalue weighted by atomic mass is 16.5. The predicted molar refractivity (Wildman–Crippen MR) is 99.3 cm³/mol. The van der Waals surface area contributed by atoms with Gasteiger partial charge in [0, 0.05) is 31.1 Å². The van der Waals surface area contributed by atoms with Crippen LogP contribution in [0, 0.1) is 37.5 Å². The zero-order valence-electron chi connectivity index (χ0n) is 15.3. The molecule has 3 rings (SSSR count). The first-order chi connectivity index (χ1) is 12.0. The number of hydrogen-bond acceptors (Lipinski definition) is 3. The van der Waals surface area contributed by atoms with Crippen molar-refractivity contribution in [2.45, 2.75) is 46.5 Å². The number of carbonyl (C=O) groups excluding carboxylic acids is 1. The minimum absolute atomic E-state index is 0.0907.